The predicted molar refractivity (Wildman–Crippen MR) is 124 cm³/mol. The summed E-state index contributed by atoms with van der Waals surface area (Å²) in [6.07, 6.45) is 1.77. The highest BCUT2D eigenvalue weighted by molar-refractivity contribution is 5.82. The molecule has 1 fully saturated rings. The zero-order chi connectivity index (χ0) is 24.4. The summed E-state index contributed by atoms with van der Waals surface area (Å²) in [7, 11) is 1.60. The molecule has 1 aromatic carbocycles. The van der Waals surface area contributed by atoms with Gasteiger partial charge in [-0.2, -0.15) is 0 Å². The molecule has 0 spiro atoms. The lowest BCUT2D eigenvalue weighted by Gasteiger charge is -2.32. The highest BCUT2D eigenvalue weighted by Gasteiger charge is 2.24. The van der Waals surface area contributed by atoms with Crippen molar-refractivity contribution in [2.75, 3.05) is 33.4 Å². The van der Waals surface area contributed by atoms with Gasteiger partial charge in [0.1, 0.15) is 12.1 Å². The van der Waals surface area contributed by atoms with Crippen LogP contribution >= 0.6 is 0 Å². The van der Waals surface area contributed by atoms with Gasteiger partial charge in [0.05, 0.1) is 13.7 Å². The van der Waals surface area contributed by atoms with E-state index in [0.29, 0.717) is 56.9 Å². The van der Waals surface area contributed by atoms with Crippen LogP contribution in [0.5, 0.6) is 11.5 Å². The number of rotatable bonds is 9. The molecule has 184 valence electrons. The topological polar surface area (TPSA) is 106 Å². The van der Waals surface area contributed by atoms with Crippen molar-refractivity contribution in [2.24, 2.45) is 0 Å². The second-order valence-electron chi connectivity index (χ2n) is 9.00. The van der Waals surface area contributed by atoms with E-state index < -0.39 is 11.7 Å². The molecule has 1 saturated heterocycles. The molecule has 0 atom stereocenters. The Balaban J connectivity index is 1.71. The van der Waals surface area contributed by atoms with Gasteiger partial charge in [-0.25, -0.2) is 4.79 Å². The number of hydrogen-bond donors (Lipinski definition) is 2. The van der Waals surface area contributed by atoms with Gasteiger partial charge in [-0.05, 0) is 64.7 Å². The second kappa shape index (κ2) is 12.3. The Hall–Kier alpha value is -2.97. The van der Waals surface area contributed by atoms with Gasteiger partial charge < -0.3 is 29.7 Å². The maximum atomic E-state index is 12.6. The molecule has 1 aliphatic rings. The Morgan fingerprint density at radius 2 is 1.82 bits per heavy atom. The molecule has 33 heavy (non-hydrogen) atoms. The van der Waals surface area contributed by atoms with Crippen LogP contribution < -0.4 is 20.1 Å². The summed E-state index contributed by atoms with van der Waals surface area (Å²) in [5.74, 6) is 1.19. The lowest BCUT2D eigenvalue weighted by molar-refractivity contribution is -0.132. The summed E-state index contributed by atoms with van der Waals surface area (Å²) in [4.78, 5) is 38.2. The van der Waals surface area contributed by atoms with E-state index in [-0.39, 0.29) is 24.4 Å². The average Bonchev–Trinajstić information content (AvgIpc) is 2.76. The van der Waals surface area contributed by atoms with E-state index in [9.17, 15) is 14.4 Å². The molecule has 0 saturated carbocycles. The molecule has 1 aliphatic heterocycles. The molecule has 9 heteroatoms. The second-order valence-corrected chi connectivity index (χ2v) is 9.00. The van der Waals surface area contributed by atoms with Crippen molar-refractivity contribution in [2.45, 2.75) is 65.0 Å². The zero-order valence-electron chi connectivity index (χ0n) is 20.4. The predicted octanol–water partition coefficient (Wildman–Crippen LogP) is 2.66. The number of likely N-dealkylation sites (tertiary alicyclic amines) is 1. The molecule has 0 aromatic heterocycles. The van der Waals surface area contributed by atoms with Crippen LogP contribution in [0.1, 0.15) is 52.5 Å². The molecule has 0 unspecified atom stereocenters. The molecule has 9 nitrogen and oxygen atoms in total. The van der Waals surface area contributed by atoms with Crippen LogP contribution in [-0.4, -0.2) is 67.8 Å². The molecule has 2 N–H and O–H groups in total. The fourth-order valence-corrected chi connectivity index (χ4v) is 3.57. The monoisotopic (exact) mass is 463 g/mol. The number of carbonyl (C=O) groups is 3. The first-order chi connectivity index (χ1) is 15.6. The molecule has 1 heterocycles. The Kier molecular flexibility index (Phi) is 9.81. The SMILES string of the molecule is CCOc1ccc(CCC(=O)N2CCC(NC(=O)CNC(=O)OC(C)(C)C)CC2)cc1OC. The lowest BCUT2D eigenvalue weighted by Crippen LogP contribution is -2.49. The quantitative estimate of drug-likeness (QED) is 0.583. The first-order valence-corrected chi connectivity index (χ1v) is 11.4. The van der Waals surface area contributed by atoms with Gasteiger partial charge in [-0.1, -0.05) is 6.07 Å². The van der Waals surface area contributed by atoms with E-state index in [4.69, 9.17) is 14.2 Å². The van der Waals surface area contributed by atoms with E-state index in [2.05, 4.69) is 10.6 Å². The van der Waals surface area contributed by atoms with Gasteiger partial charge in [-0.3, -0.25) is 9.59 Å². The third-order valence-electron chi connectivity index (χ3n) is 5.16. The number of piperidine rings is 1. The third-order valence-corrected chi connectivity index (χ3v) is 5.16. The minimum absolute atomic E-state index is 0.0163. The third kappa shape index (κ3) is 9.19. The molecule has 0 bridgehead atoms. The number of nitrogens with zero attached hydrogens (tertiary/aromatic N) is 1. The van der Waals surface area contributed by atoms with Crippen LogP contribution in [0.15, 0.2) is 18.2 Å². The molecular formula is C24H37N3O6. The highest BCUT2D eigenvalue weighted by Crippen LogP contribution is 2.28. The summed E-state index contributed by atoms with van der Waals surface area (Å²) in [6.45, 7) is 8.81. The Morgan fingerprint density at radius 3 is 2.42 bits per heavy atom. The first-order valence-electron chi connectivity index (χ1n) is 11.4. The van der Waals surface area contributed by atoms with Crippen molar-refractivity contribution >= 4 is 17.9 Å². The van der Waals surface area contributed by atoms with Gasteiger partial charge in [0.2, 0.25) is 11.8 Å². The van der Waals surface area contributed by atoms with Crippen molar-refractivity contribution in [3.63, 3.8) is 0 Å². The standard InChI is InChI=1S/C24H37N3O6/c1-6-32-19-9-7-17(15-20(19)31-5)8-10-22(29)27-13-11-18(12-14-27)26-21(28)16-25-23(30)33-24(2,3)4/h7,9,15,18H,6,8,10-14,16H2,1-5H3,(H,25,30)(H,26,28). The van der Waals surface area contributed by atoms with E-state index in [1.165, 1.54) is 0 Å². The van der Waals surface area contributed by atoms with Crippen molar-refractivity contribution in [1.82, 2.24) is 15.5 Å². The summed E-state index contributed by atoms with van der Waals surface area (Å²) >= 11 is 0. The van der Waals surface area contributed by atoms with Gasteiger partial charge >= 0.3 is 6.09 Å². The number of ether oxygens (including phenoxy) is 3. The number of benzene rings is 1. The van der Waals surface area contributed by atoms with Crippen molar-refractivity contribution in [1.29, 1.82) is 0 Å². The van der Waals surface area contributed by atoms with E-state index in [1.807, 2.05) is 30.0 Å². The fraction of sp³-hybridized carbons (Fsp3) is 0.625. The van der Waals surface area contributed by atoms with Gasteiger partial charge in [0.25, 0.3) is 0 Å². The van der Waals surface area contributed by atoms with Crippen LogP contribution in [0.3, 0.4) is 0 Å². The van der Waals surface area contributed by atoms with E-state index in [0.717, 1.165) is 5.56 Å². The molecule has 0 aliphatic carbocycles. The van der Waals surface area contributed by atoms with Crippen LogP contribution in [0, 0.1) is 0 Å². The number of carbonyl (C=O) groups excluding carboxylic acids is 3. The zero-order valence-corrected chi connectivity index (χ0v) is 20.4. The van der Waals surface area contributed by atoms with Crippen LogP contribution in [0.4, 0.5) is 4.79 Å². The number of hydrogen-bond acceptors (Lipinski definition) is 6. The summed E-state index contributed by atoms with van der Waals surface area (Å²) in [6, 6.07) is 5.71. The number of amides is 3. The van der Waals surface area contributed by atoms with Crippen LogP contribution in [0.25, 0.3) is 0 Å². The summed E-state index contributed by atoms with van der Waals surface area (Å²) in [5.41, 5.74) is 0.405. The van der Waals surface area contributed by atoms with Crippen molar-refractivity contribution < 1.29 is 28.6 Å². The molecule has 0 radical (unpaired) electrons. The molecule has 1 aromatic rings. The molecule has 2 rings (SSSR count). The van der Waals surface area contributed by atoms with Gasteiger partial charge in [0.15, 0.2) is 11.5 Å². The van der Waals surface area contributed by atoms with Gasteiger partial charge in [-0.15, -0.1) is 0 Å². The maximum Gasteiger partial charge on any atom is 0.408 e. The van der Waals surface area contributed by atoms with Crippen LogP contribution in [0.2, 0.25) is 0 Å². The Morgan fingerprint density at radius 1 is 1.12 bits per heavy atom. The smallest absolute Gasteiger partial charge is 0.408 e. The minimum Gasteiger partial charge on any atom is -0.493 e. The van der Waals surface area contributed by atoms with Gasteiger partial charge in [0, 0.05) is 25.6 Å². The number of alkyl carbamates (subject to hydrolysis) is 1. The number of aryl methyl sites for hydroxylation is 1. The molecular weight excluding hydrogens is 426 g/mol. The van der Waals surface area contributed by atoms with Crippen molar-refractivity contribution in [3.05, 3.63) is 23.8 Å². The maximum absolute atomic E-state index is 12.6. The Labute approximate surface area is 196 Å². The summed E-state index contributed by atoms with van der Waals surface area (Å²) < 4.78 is 16.0. The normalized spacial score (nSPS) is 14.4. The fourth-order valence-electron chi connectivity index (χ4n) is 3.57. The first kappa shape index (κ1) is 26.3. The van der Waals surface area contributed by atoms with Crippen LogP contribution in [-0.2, 0) is 20.7 Å². The van der Waals surface area contributed by atoms with Crippen molar-refractivity contribution in [3.8, 4) is 11.5 Å². The van der Waals surface area contributed by atoms with E-state index in [1.54, 1.807) is 27.9 Å². The Bertz CT molecular complexity index is 813. The highest BCUT2D eigenvalue weighted by atomic mass is 16.6. The average molecular weight is 464 g/mol. The summed E-state index contributed by atoms with van der Waals surface area (Å²) in [5, 5.41) is 5.36. The number of methoxy groups -OCH3 is 1. The largest absolute Gasteiger partial charge is 0.493 e. The number of nitrogens with one attached hydrogen (secondary N) is 2. The minimum atomic E-state index is -0.622. The lowest BCUT2D eigenvalue weighted by atomic mass is 10.0. The van der Waals surface area contributed by atoms with E-state index >= 15 is 0 Å². The molecule has 3 amide bonds.